The van der Waals surface area contributed by atoms with Crippen LogP contribution in [0.1, 0.15) is 17.2 Å². The zero-order valence-corrected chi connectivity index (χ0v) is 11.9. The second-order valence-electron chi connectivity index (χ2n) is 5.92. The standard InChI is InChI=1S/C17H15N3O2/c1-2-11-3-5-12(6-4-11)20-8-7-15(18-20)16-13-9-19(17(21)22)10-14(13)16/h1,3-8,13-14,16H,9-10H2,(H,21,22)/t13-,14+,16?. The first kappa shape index (κ1) is 13.0. The molecule has 1 saturated carbocycles. The van der Waals surface area contributed by atoms with Gasteiger partial charge in [-0.25, -0.2) is 9.48 Å². The zero-order valence-electron chi connectivity index (χ0n) is 11.9. The fraction of sp³-hybridized carbons (Fsp3) is 0.294. The van der Waals surface area contributed by atoms with Crippen LogP contribution < -0.4 is 0 Å². The van der Waals surface area contributed by atoms with E-state index in [0.29, 0.717) is 30.8 Å². The molecule has 2 heterocycles. The molecule has 4 rings (SSSR count). The Morgan fingerprint density at radius 1 is 1.23 bits per heavy atom. The van der Waals surface area contributed by atoms with Crippen LogP contribution >= 0.6 is 0 Å². The SMILES string of the molecule is C#Cc1ccc(-n2ccc(C3[C@H]4CN(C(=O)O)C[C@@H]34)n2)cc1. The number of piperidine rings is 1. The summed E-state index contributed by atoms with van der Waals surface area (Å²) < 4.78 is 1.85. The second-order valence-corrected chi connectivity index (χ2v) is 5.92. The Labute approximate surface area is 128 Å². The fourth-order valence-electron chi connectivity index (χ4n) is 3.49. The van der Waals surface area contributed by atoms with Crippen LogP contribution in [-0.4, -0.2) is 39.0 Å². The maximum Gasteiger partial charge on any atom is 0.407 e. The van der Waals surface area contributed by atoms with E-state index in [1.165, 1.54) is 4.90 Å². The van der Waals surface area contributed by atoms with Crippen LogP contribution in [0.4, 0.5) is 4.79 Å². The number of nitrogens with zero attached hydrogens (tertiary/aromatic N) is 3. The van der Waals surface area contributed by atoms with Gasteiger partial charge in [-0.2, -0.15) is 5.10 Å². The molecule has 1 amide bonds. The van der Waals surface area contributed by atoms with Crippen molar-refractivity contribution < 1.29 is 9.90 Å². The van der Waals surface area contributed by atoms with E-state index in [0.717, 1.165) is 16.9 Å². The third-order valence-corrected chi connectivity index (χ3v) is 4.71. The van der Waals surface area contributed by atoms with E-state index in [4.69, 9.17) is 11.5 Å². The molecule has 2 aliphatic rings. The van der Waals surface area contributed by atoms with Gasteiger partial charge in [-0.05, 0) is 42.2 Å². The molecule has 1 aromatic carbocycles. The molecule has 5 nitrogen and oxygen atoms in total. The summed E-state index contributed by atoms with van der Waals surface area (Å²) in [6.07, 6.45) is 6.49. The van der Waals surface area contributed by atoms with E-state index in [2.05, 4.69) is 11.0 Å². The molecule has 1 saturated heterocycles. The number of fused-ring (bicyclic) bond motifs is 1. The Kier molecular flexibility index (Phi) is 2.73. The van der Waals surface area contributed by atoms with Gasteiger partial charge in [-0.1, -0.05) is 5.92 Å². The van der Waals surface area contributed by atoms with Crippen molar-refractivity contribution in [2.75, 3.05) is 13.1 Å². The van der Waals surface area contributed by atoms with Gasteiger partial charge in [0.2, 0.25) is 0 Å². The molecular formula is C17H15N3O2. The molecule has 1 aromatic heterocycles. The highest BCUT2D eigenvalue weighted by Crippen LogP contribution is 2.57. The quantitative estimate of drug-likeness (QED) is 0.863. The van der Waals surface area contributed by atoms with E-state index in [1.807, 2.05) is 41.2 Å². The molecule has 3 atom stereocenters. The minimum Gasteiger partial charge on any atom is -0.465 e. The van der Waals surface area contributed by atoms with Crippen LogP contribution in [0.2, 0.25) is 0 Å². The Bertz CT molecular complexity index is 760. The minimum absolute atomic E-state index is 0.404. The van der Waals surface area contributed by atoms with Crippen LogP contribution in [0, 0.1) is 24.2 Å². The van der Waals surface area contributed by atoms with Gasteiger partial charge in [0, 0.05) is 30.8 Å². The summed E-state index contributed by atoms with van der Waals surface area (Å²) in [7, 11) is 0. The molecule has 0 radical (unpaired) electrons. The van der Waals surface area contributed by atoms with Crippen molar-refractivity contribution in [3.63, 3.8) is 0 Å². The lowest BCUT2D eigenvalue weighted by Crippen LogP contribution is -2.29. The van der Waals surface area contributed by atoms with E-state index < -0.39 is 6.09 Å². The summed E-state index contributed by atoms with van der Waals surface area (Å²) in [6, 6.07) is 9.72. The van der Waals surface area contributed by atoms with E-state index >= 15 is 0 Å². The molecule has 1 N–H and O–H groups in total. The van der Waals surface area contributed by atoms with Gasteiger partial charge in [-0.3, -0.25) is 0 Å². The van der Waals surface area contributed by atoms with Crippen molar-refractivity contribution in [3.05, 3.63) is 47.8 Å². The molecule has 2 aromatic rings. The molecule has 110 valence electrons. The van der Waals surface area contributed by atoms with Crippen molar-refractivity contribution in [2.24, 2.45) is 11.8 Å². The van der Waals surface area contributed by atoms with Gasteiger partial charge in [0.1, 0.15) is 0 Å². The summed E-state index contributed by atoms with van der Waals surface area (Å²) in [5.41, 5.74) is 2.88. The third-order valence-electron chi connectivity index (χ3n) is 4.71. The molecule has 2 fully saturated rings. The summed E-state index contributed by atoms with van der Waals surface area (Å²) in [4.78, 5) is 12.4. The first-order valence-electron chi connectivity index (χ1n) is 7.28. The number of benzene rings is 1. The molecule has 1 aliphatic carbocycles. The Balaban J connectivity index is 1.49. The van der Waals surface area contributed by atoms with Crippen molar-refractivity contribution >= 4 is 6.09 Å². The smallest absolute Gasteiger partial charge is 0.407 e. The summed E-state index contributed by atoms with van der Waals surface area (Å²) >= 11 is 0. The van der Waals surface area contributed by atoms with Gasteiger partial charge >= 0.3 is 6.09 Å². The van der Waals surface area contributed by atoms with Gasteiger partial charge in [0.05, 0.1) is 11.4 Å². The molecule has 22 heavy (non-hydrogen) atoms. The van der Waals surface area contributed by atoms with E-state index in [-0.39, 0.29) is 0 Å². The molecule has 1 aliphatic heterocycles. The van der Waals surface area contributed by atoms with E-state index in [1.54, 1.807) is 0 Å². The highest BCUT2D eigenvalue weighted by molar-refractivity contribution is 5.66. The van der Waals surface area contributed by atoms with Crippen molar-refractivity contribution in [1.82, 2.24) is 14.7 Å². The van der Waals surface area contributed by atoms with Gasteiger partial charge in [0.25, 0.3) is 0 Å². The maximum absolute atomic E-state index is 10.9. The number of rotatable bonds is 2. The number of hydrogen-bond acceptors (Lipinski definition) is 2. The highest BCUT2D eigenvalue weighted by Gasteiger charge is 2.58. The molecule has 1 unspecified atom stereocenters. The monoisotopic (exact) mass is 293 g/mol. The highest BCUT2D eigenvalue weighted by atomic mass is 16.4. The first-order valence-corrected chi connectivity index (χ1v) is 7.28. The predicted octanol–water partition coefficient (Wildman–Crippen LogP) is 2.18. The number of likely N-dealkylation sites (tertiary alicyclic amines) is 1. The summed E-state index contributed by atoms with van der Waals surface area (Å²) in [5.74, 6) is 3.87. The number of carboxylic acid groups (broad SMARTS) is 1. The lowest BCUT2D eigenvalue weighted by Gasteiger charge is -2.14. The van der Waals surface area contributed by atoms with Crippen LogP contribution in [0.5, 0.6) is 0 Å². The molecule has 0 bridgehead atoms. The number of carbonyl (C=O) groups is 1. The van der Waals surface area contributed by atoms with Gasteiger partial charge in [0.15, 0.2) is 0 Å². The van der Waals surface area contributed by atoms with Gasteiger partial charge in [-0.15, -0.1) is 6.42 Å². The lowest BCUT2D eigenvalue weighted by atomic mass is 10.2. The normalized spacial score (nSPS) is 25.6. The average molecular weight is 293 g/mol. The van der Waals surface area contributed by atoms with Crippen molar-refractivity contribution in [1.29, 1.82) is 0 Å². The largest absolute Gasteiger partial charge is 0.465 e. The Hall–Kier alpha value is -2.74. The number of aromatic nitrogens is 2. The maximum atomic E-state index is 10.9. The van der Waals surface area contributed by atoms with Crippen LogP contribution in [-0.2, 0) is 0 Å². The predicted molar refractivity (Wildman–Crippen MR) is 80.8 cm³/mol. The number of terminal acetylenes is 1. The number of amides is 1. The summed E-state index contributed by atoms with van der Waals surface area (Å²) in [6.45, 7) is 1.27. The van der Waals surface area contributed by atoms with Crippen LogP contribution in [0.3, 0.4) is 0 Å². The van der Waals surface area contributed by atoms with E-state index in [9.17, 15) is 4.79 Å². The zero-order chi connectivity index (χ0) is 15.3. The van der Waals surface area contributed by atoms with Crippen molar-refractivity contribution in [2.45, 2.75) is 5.92 Å². The second kappa shape index (κ2) is 4.63. The van der Waals surface area contributed by atoms with Crippen molar-refractivity contribution in [3.8, 4) is 18.0 Å². The van der Waals surface area contributed by atoms with Crippen LogP contribution in [0.25, 0.3) is 5.69 Å². The molecule has 0 spiro atoms. The number of hydrogen-bond donors (Lipinski definition) is 1. The average Bonchev–Trinajstić information content (AvgIpc) is 2.95. The minimum atomic E-state index is -0.815. The molecule has 5 heteroatoms. The van der Waals surface area contributed by atoms with Crippen LogP contribution in [0.15, 0.2) is 36.5 Å². The topological polar surface area (TPSA) is 58.4 Å². The Morgan fingerprint density at radius 3 is 2.50 bits per heavy atom. The first-order chi connectivity index (χ1) is 10.7. The molecular weight excluding hydrogens is 278 g/mol. The third kappa shape index (κ3) is 1.96. The lowest BCUT2D eigenvalue weighted by molar-refractivity contribution is 0.150. The van der Waals surface area contributed by atoms with Gasteiger partial charge < -0.3 is 10.0 Å². The summed E-state index contributed by atoms with van der Waals surface area (Å²) in [5, 5.41) is 13.6. The Morgan fingerprint density at radius 2 is 1.91 bits per heavy atom. The fourth-order valence-corrected chi connectivity index (χ4v) is 3.49.